The van der Waals surface area contributed by atoms with E-state index in [0.29, 0.717) is 14.3 Å². The molecular formula is C9H5BrClI2NO. The molecule has 80 valence electrons. The third kappa shape index (κ3) is 4.20. The Bertz CT molecular complexity index is 418. The molecule has 0 spiro atoms. The maximum atomic E-state index is 11.6. The molecule has 1 aromatic carbocycles. The molecule has 15 heavy (non-hydrogen) atoms. The highest BCUT2D eigenvalue weighted by Gasteiger charge is 2.10. The van der Waals surface area contributed by atoms with E-state index in [-0.39, 0.29) is 5.91 Å². The van der Waals surface area contributed by atoms with Gasteiger partial charge in [0, 0.05) is 0 Å². The lowest BCUT2D eigenvalue weighted by Gasteiger charge is -2.06. The van der Waals surface area contributed by atoms with E-state index in [4.69, 9.17) is 11.6 Å². The van der Waals surface area contributed by atoms with Crippen LogP contribution in [0.15, 0.2) is 30.3 Å². The van der Waals surface area contributed by atoms with Gasteiger partial charge in [-0.1, -0.05) is 23.7 Å². The van der Waals surface area contributed by atoms with E-state index in [1.54, 1.807) is 12.1 Å². The molecule has 0 saturated heterocycles. The van der Waals surface area contributed by atoms with Gasteiger partial charge in [0.15, 0.2) is 0 Å². The van der Waals surface area contributed by atoms with Gasteiger partial charge in [-0.15, -0.1) is 0 Å². The van der Waals surface area contributed by atoms with Crippen molar-refractivity contribution in [3.8, 4) is 0 Å². The minimum atomic E-state index is -0.176. The Balaban J connectivity index is 2.85. The lowest BCUT2D eigenvalue weighted by molar-refractivity contribution is -0.112. The van der Waals surface area contributed by atoms with Crippen LogP contribution in [0.3, 0.4) is 0 Å². The highest BCUT2D eigenvalue weighted by Crippen LogP contribution is 2.27. The van der Waals surface area contributed by atoms with Crippen LogP contribution in [0.25, 0.3) is 0 Å². The van der Waals surface area contributed by atoms with Gasteiger partial charge in [0.05, 0.1) is 16.8 Å². The molecule has 0 aromatic heterocycles. The quantitative estimate of drug-likeness (QED) is 0.452. The molecule has 0 saturated carbocycles. The van der Waals surface area contributed by atoms with Crippen molar-refractivity contribution >= 4 is 84.3 Å². The molecule has 0 heterocycles. The molecule has 0 aliphatic rings. The van der Waals surface area contributed by atoms with Crippen molar-refractivity contribution in [3.05, 3.63) is 35.4 Å². The standard InChI is InChI=1S/C9H5BrClI2NO/c10-8(13)7(12)9(15)14-6-4-2-1-3-5(6)11/h1-4H,(H,14,15)/b8-7-. The molecule has 0 aliphatic carbocycles. The zero-order chi connectivity index (χ0) is 11.4. The summed E-state index contributed by atoms with van der Waals surface area (Å²) in [4.78, 5) is 11.6. The van der Waals surface area contributed by atoms with Gasteiger partial charge in [0.1, 0.15) is 0 Å². The van der Waals surface area contributed by atoms with Crippen molar-refractivity contribution in [1.82, 2.24) is 0 Å². The Kier molecular flexibility index (Phi) is 5.86. The number of carbonyl (C=O) groups excluding carboxylic acids is 1. The van der Waals surface area contributed by atoms with Gasteiger partial charge < -0.3 is 5.32 Å². The average molecular weight is 512 g/mol. The number of rotatable bonds is 2. The first kappa shape index (κ1) is 13.7. The van der Waals surface area contributed by atoms with Crippen molar-refractivity contribution < 1.29 is 4.79 Å². The lowest BCUT2D eigenvalue weighted by Crippen LogP contribution is -2.11. The normalized spacial score (nSPS) is 12.0. The third-order valence-corrected chi connectivity index (χ3v) is 5.56. The van der Waals surface area contributed by atoms with E-state index in [2.05, 4.69) is 21.2 Å². The molecule has 1 N–H and O–H groups in total. The third-order valence-electron chi connectivity index (χ3n) is 1.49. The van der Waals surface area contributed by atoms with E-state index < -0.39 is 0 Å². The van der Waals surface area contributed by atoms with Gasteiger partial charge in [-0.3, -0.25) is 4.79 Å². The van der Waals surface area contributed by atoms with Crippen LogP contribution in [0.5, 0.6) is 0 Å². The number of para-hydroxylation sites is 1. The van der Waals surface area contributed by atoms with E-state index in [1.165, 1.54) is 0 Å². The Morgan fingerprint density at radius 3 is 2.47 bits per heavy atom. The average Bonchev–Trinajstić information content (AvgIpc) is 2.20. The van der Waals surface area contributed by atoms with E-state index in [1.807, 2.05) is 57.3 Å². The summed E-state index contributed by atoms with van der Waals surface area (Å²) in [6.45, 7) is 0. The molecule has 1 amide bonds. The summed E-state index contributed by atoms with van der Waals surface area (Å²) in [5.74, 6) is -0.176. The van der Waals surface area contributed by atoms with Gasteiger partial charge in [0.2, 0.25) is 0 Å². The summed E-state index contributed by atoms with van der Waals surface area (Å²) in [6.07, 6.45) is 0. The number of amides is 1. The summed E-state index contributed by atoms with van der Waals surface area (Å²) in [7, 11) is 0. The highest BCUT2D eigenvalue weighted by molar-refractivity contribution is 14.1. The molecule has 1 rings (SSSR count). The van der Waals surface area contributed by atoms with Crippen molar-refractivity contribution in [1.29, 1.82) is 0 Å². The lowest BCUT2D eigenvalue weighted by atomic mass is 10.3. The minimum Gasteiger partial charge on any atom is -0.320 e. The van der Waals surface area contributed by atoms with Gasteiger partial charge in [-0.05, 0) is 73.2 Å². The van der Waals surface area contributed by atoms with Crippen LogP contribution < -0.4 is 5.32 Å². The van der Waals surface area contributed by atoms with E-state index in [0.717, 1.165) is 2.49 Å². The van der Waals surface area contributed by atoms with Crippen LogP contribution in [-0.2, 0) is 4.79 Å². The number of anilines is 1. The molecule has 1 aromatic rings. The van der Waals surface area contributed by atoms with Gasteiger partial charge in [0.25, 0.3) is 5.91 Å². The smallest absolute Gasteiger partial charge is 0.263 e. The zero-order valence-corrected chi connectivity index (χ0v) is 13.9. The van der Waals surface area contributed by atoms with Crippen molar-refractivity contribution in [3.63, 3.8) is 0 Å². The molecule has 0 unspecified atom stereocenters. The SMILES string of the molecule is O=C(Nc1ccccc1Cl)/C(I)=C(\Br)I. The van der Waals surface area contributed by atoms with Crippen LogP contribution in [0.1, 0.15) is 0 Å². The minimum absolute atomic E-state index is 0.176. The number of hydrogen-bond acceptors (Lipinski definition) is 1. The molecule has 0 fully saturated rings. The van der Waals surface area contributed by atoms with Crippen LogP contribution in [0, 0.1) is 0 Å². The van der Waals surface area contributed by atoms with Gasteiger partial charge in [-0.2, -0.15) is 0 Å². The zero-order valence-electron chi connectivity index (χ0n) is 7.23. The molecule has 2 nitrogen and oxygen atoms in total. The van der Waals surface area contributed by atoms with Crippen molar-refractivity contribution in [2.45, 2.75) is 0 Å². The Morgan fingerprint density at radius 2 is 1.93 bits per heavy atom. The molecule has 0 bridgehead atoms. The second kappa shape index (κ2) is 6.41. The second-order valence-corrected chi connectivity index (χ2v) is 7.35. The Morgan fingerprint density at radius 1 is 1.33 bits per heavy atom. The molecule has 0 atom stereocenters. The molecular weight excluding hydrogens is 507 g/mol. The Labute approximate surface area is 128 Å². The predicted molar refractivity (Wildman–Crippen MR) is 84.1 cm³/mol. The number of nitrogens with one attached hydrogen (secondary N) is 1. The van der Waals surface area contributed by atoms with Gasteiger partial charge >= 0.3 is 0 Å². The second-order valence-electron chi connectivity index (χ2n) is 2.51. The van der Waals surface area contributed by atoms with Crippen LogP contribution in [0.2, 0.25) is 5.02 Å². The van der Waals surface area contributed by atoms with Crippen LogP contribution in [-0.4, -0.2) is 5.91 Å². The number of halogens is 4. The fourth-order valence-electron chi connectivity index (χ4n) is 0.826. The summed E-state index contributed by atoms with van der Waals surface area (Å²) >= 11 is 13.1. The highest BCUT2D eigenvalue weighted by atomic mass is 127. The first-order valence-corrected chi connectivity index (χ1v) is 7.12. The predicted octanol–water partition coefficient (Wildman–Crippen LogP) is 4.71. The van der Waals surface area contributed by atoms with E-state index >= 15 is 0 Å². The molecule has 0 radical (unpaired) electrons. The van der Waals surface area contributed by atoms with Crippen molar-refractivity contribution in [2.24, 2.45) is 0 Å². The summed E-state index contributed by atoms with van der Waals surface area (Å²) in [5.41, 5.74) is 0.614. The topological polar surface area (TPSA) is 29.1 Å². The largest absolute Gasteiger partial charge is 0.320 e. The summed E-state index contributed by atoms with van der Waals surface area (Å²) in [5, 5.41) is 3.25. The summed E-state index contributed by atoms with van der Waals surface area (Å²) < 4.78 is 1.36. The van der Waals surface area contributed by atoms with E-state index in [9.17, 15) is 4.79 Å². The maximum absolute atomic E-state index is 11.6. The molecule has 0 aliphatic heterocycles. The monoisotopic (exact) mass is 511 g/mol. The Hall–Kier alpha value is 0.660. The van der Waals surface area contributed by atoms with Crippen molar-refractivity contribution in [2.75, 3.05) is 5.32 Å². The first-order chi connectivity index (χ1) is 7.02. The number of benzene rings is 1. The van der Waals surface area contributed by atoms with Crippen LogP contribution >= 0.6 is 72.7 Å². The number of hydrogen-bond donors (Lipinski definition) is 1. The fraction of sp³-hybridized carbons (Fsp3) is 0. The number of carbonyl (C=O) groups is 1. The van der Waals surface area contributed by atoms with Crippen LogP contribution in [0.4, 0.5) is 5.69 Å². The van der Waals surface area contributed by atoms with Gasteiger partial charge in [-0.25, -0.2) is 0 Å². The fourth-order valence-corrected chi connectivity index (χ4v) is 1.57. The first-order valence-electron chi connectivity index (χ1n) is 3.79. The molecule has 6 heteroatoms. The summed E-state index contributed by atoms with van der Waals surface area (Å²) in [6, 6.07) is 7.11. The maximum Gasteiger partial charge on any atom is 0.263 e.